The fourth-order valence-corrected chi connectivity index (χ4v) is 9.10. The highest BCUT2D eigenvalue weighted by Gasteiger charge is 2.65. The summed E-state index contributed by atoms with van der Waals surface area (Å²) in [7, 11) is 0. The van der Waals surface area contributed by atoms with E-state index in [0.717, 1.165) is 50.5 Å². The van der Waals surface area contributed by atoms with Gasteiger partial charge in [-0.25, -0.2) is 4.79 Å². The third-order valence-electron chi connectivity index (χ3n) is 11.4. The average molecular weight is 469 g/mol. The van der Waals surface area contributed by atoms with Crippen LogP contribution < -0.4 is 0 Å². The Labute approximate surface area is 205 Å². The third kappa shape index (κ3) is 3.41. The lowest BCUT2D eigenvalue weighted by Gasteiger charge is -2.60. The molecule has 0 aromatic rings. The number of allylic oxidation sites excluding steroid dienone is 3. The second-order valence-corrected chi connectivity index (χ2v) is 13.2. The predicted molar refractivity (Wildman–Crippen MR) is 134 cm³/mol. The highest BCUT2D eigenvalue weighted by atomic mass is 16.4. The van der Waals surface area contributed by atoms with E-state index < -0.39 is 5.97 Å². The first kappa shape index (κ1) is 25.4. The Morgan fingerprint density at radius 2 is 1.76 bits per heavy atom. The molecule has 0 saturated heterocycles. The maximum atomic E-state index is 14.0. The third-order valence-corrected chi connectivity index (χ3v) is 11.4. The molecule has 2 saturated carbocycles. The topological polar surface area (TPSA) is 71.4 Å². The highest BCUT2D eigenvalue weighted by molar-refractivity contribution is 6.00. The Hall–Kier alpha value is -1.71. The molecule has 0 radical (unpaired) electrons. The van der Waals surface area contributed by atoms with Crippen molar-refractivity contribution in [1.82, 2.24) is 0 Å². The molecule has 0 aromatic heterocycles. The first-order valence-corrected chi connectivity index (χ1v) is 13.4. The molecule has 1 N–H and O–H groups in total. The smallest absolute Gasteiger partial charge is 0.330 e. The van der Waals surface area contributed by atoms with Crippen LogP contribution in [0.25, 0.3) is 0 Å². The zero-order chi connectivity index (χ0) is 25.3. The van der Waals surface area contributed by atoms with Gasteiger partial charge in [-0.05, 0) is 80.5 Å². The van der Waals surface area contributed by atoms with Gasteiger partial charge in [-0.3, -0.25) is 9.59 Å². The van der Waals surface area contributed by atoms with Crippen LogP contribution >= 0.6 is 0 Å². The van der Waals surface area contributed by atoms with Gasteiger partial charge in [0.2, 0.25) is 0 Å². The molecule has 1 unspecified atom stereocenters. The molecule has 4 nitrogen and oxygen atoms in total. The Balaban J connectivity index is 1.66. The van der Waals surface area contributed by atoms with E-state index in [4.69, 9.17) is 5.11 Å². The number of hydrogen-bond acceptors (Lipinski definition) is 3. The van der Waals surface area contributed by atoms with Crippen molar-refractivity contribution >= 4 is 17.5 Å². The standard InChI is InChI=1S/C30H44O4/c1-18(9-8-10-19(2)26(33)34)20-13-16-29(6)21-11-12-23-27(3,4)24(32)14-15-28(23,5)25(21)22(31)17-30(20,29)7/h10,18,20,23H,8-9,11-17H2,1-7H3,(H,33,34)/t18-,20-,23?,28+,29+,30-/m1/s1. The zero-order valence-corrected chi connectivity index (χ0v) is 22.3. The van der Waals surface area contributed by atoms with Crippen LogP contribution in [0.1, 0.15) is 106 Å². The molecule has 2 fully saturated rings. The van der Waals surface area contributed by atoms with Gasteiger partial charge in [0.25, 0.3) is 0 Å². The number of ketones is 2. The maximum Gasteiger partial charge on any atom is 0.330 e. The molecular weight excluding hydrogens is 424 g/mol. The molecule has 4 aliphatic rings. The van der Waals surface area contributed by atoms with Gasteiger partial charge in [0, 0.05) is 34.8 Å². The van der Waals surface area contributed by atoms with Crippen LogP contribution in [0, 0.1) is 39.4 Å². The van der Waals surface area contributed by atoms with Crippen LogP contribution in [0.3, 0.4) is 0 Å². The van der Waals surface area contributed by atoms with Crippen LogP contribution in [-0.2, 0) is 14.4 Å². The summed E-state index contributed by atoms with van der Waals surface area (Å²) < 4.78 is 0. The Bertz CT molecular complexity index is 984. The number of Topliss-reactive ketones (excluding diaryl/α,β-unsaturated/α-hetero) is 2. The number of carboxylic acids is 1. The summed E-state index contributed by atoms with van der Waals surface area (Å²) in [5.74, 6) is 1.01. The van der Waals surface area contributed by atoms with Gasteiger partial charge < -0.3 is 5.11 Å². The molecule has 0 heterocycles. The van der Waals surface area contributed by atoms with Crippen LogP contribution in [0.2, 0.25) is 0 Å². The van der Waals surface area contributed by atoms with E-state index in [9.17, 15) is 14.4 Å². The van der Waals surface area contributed by atoms with Gasteiger partial charge in [0.15, 0.2) is 5.78 Å². The summed E-state index contributed by atoms with van der Waals surface area (Å²) in [6.07, 6.45) is 9.78. The quantitative estimate of drug-likeness (QED) is 0.444. The molecule has 0 spiro atoms. The fourth-order valence-electron chi connectivity index (χ4n) is 9.10. The largest absolute Gasteiger partial charge is 0.478 e. The predicted octanol–water partition coefficient (Wildman–Crippen LogP) is 6.93. The molecule has 6 atom stereocenters. The Morgan fingerprint density at radius 1 is 1.09 bits per heavy atom. The molecule has 34 heavy (non-hydrogen) atoms. The van der Waals surface area contributed by atoms with Crippen LogP contribution in [0.15, 0.2) is 22.8 Å². The maximum absolute atomic E-state index is 14.0. The minimum Gasteiger partial charge on any atom is -0.478 e. The molecule has 0 bridgehead atoms. The SMILES string of the molecule is CC(=CCC[C@@H](C)[C@H]1CC[C@@]2(C)C3=C(C(=O)C[C@]12C)[C@@]1(C)CCC(=O)C(C)(C)C1CC3)C(=O)O. The van der Waals surface area contributed by atoms with Crippen molar-refractivity contribution in [3.63, 3.8) is 0 Å². The van der Waals surface area contributed by atoms with Crippen molar-refractivity contribution in [2.45, 2.75) is 106 Å². The second kappa shape index (κ2) is 8.17. The van der Waals surface area contributed by atoms with E-state index in [1.807, 2.05) is 6.08 Å². The highest BCUT2D eigenvalue weighted by Crippen LogP contribution is 2.71. The molecule has 0 aromatic carbocycles. The monoisotopic (exact) mass is 468 g/mol. The van der Waals surface area contributed by atoms with Crippen molar-refractivity contribution in [3.05, 3.63) is 22.8 Å². The molecule has 4 heteroatoms. The van der Waals surface area contributed by atoms with Gasteiger partial charge in [-0.1, -0.05) is 53.2 Å². The minimum absolute atomic E-state index is 0.0293. The number of carbonyl (C=O) groups is 3. The van der Waals surface area contributed by atoms with Crippen molar-refractivity contribution in [1.29, 1.82) is 0 Å². The number of aliphatic carboxylic acids is 1. The average Bonchev–Trinajstić information content (AvgIpc) is 3.02. The lowest BCUT2D eigenvalue weighted by molar-refractivity contribution is -0.142. The van der Waals surface area contributed by atoms with E-state index in [1.54, 1.807) is 6.92 Å². The van der Waals surface area contributed by atoms with Gasteiger partial charge in [0.1, 0.15) is 5.78 Å². The summed E-state index contributed by atoms with van der Waals surface area (Å²) in [5, 5.41) is 9.15. The van der Waals surface area contributed by atoms with Gasteiger partial charge in [-0.15, -0.1) is 0 Å². The van der Waals surface area contributed by atoms with Crippen molar-refractivity contribution in [2.75, 3.05) is 0 Å². The minimum atomic E-state index is -0.845. The van der Waals surface area contributed by atoms with E-state index in [2.05, 4.69) is 41.5 Å². The summed E-state index contributed by atoms with van der Waals surface area (Å²) >= 11 is 0. The van der Waals surface area contributed by atoms with E-state index in [0.29, 0.717) is 41.8 Å². The molecular formula is C30H44O4. The Morgan fingerprint density at radius 3 is 2.41 bits per heavy atom. The molecule has 0 aliphatic heterocycles. The first-order chi connectivity index (χ1) is 15.7. The molecule has 0 amide bonds. The van der Waals surface area contributed by atoms with E-state index >= 15 is 0 Å². The summed E-state index contributed by atoms with van der Waals surface area (Å²) in [5.41, 5.74) is 2.37. The summed E-state index contributed by atoms with van der Waals surface area (Å²) in [4.78, 5) is 37.9. The first-order valence-electron chi connectivity index (χ1n) is 13.4. The lowest BCUT2D eigenvalue weighted by atomic mass is 9.43. The van der Waals surface area contributed by atoms with Crippen LogP contribution in [0.4, 0.5) is 0 Å². The molecule has 4 aliphatic carbocycles. The lowest BCUT2D eigenvalue weighted by Crippen LogP contribution is -2.56. The van der Waals surface area contributed by atoms with Gasteiger partial charge >= 0.3 is 5.97 Å². The van der Waals surface area contributed by atoms with Crippen LogP contribution in [-0.4, -0.2) is 22.6 Å². The van der Waals surface area contributed by atoms with Crippen molar-refractivity contribution < 1.29 is 19.5 Å². The normalized spacial score (nSPS) is 40.5. The van der Waals surface area contributed by atoms with E-state index in [1.165, 1.54) is 5.57 Å². The number of fused-ring (bicyclic) bond motifs is 4. The summed E-state index contributed by atoms with van der Waals surface area (Å²) in [6.45, 7) is 15.3. The van der Waals surface area contributed by atoms with Gasteiger partial charge in [-0.2, -0.15) is 0 Å². The zero-order valence-electron chi connectivity index (χ0n) is 22.3. The summed E-state index contributed by atoms with van der Waals surface area (Å²) in [6, 6.07) is 0. The number of carboxylic acid groups (broad SMARTS) is 1. The number of rotatable bonds is 5. The second-order valence-electron chi connectivity index (χ2n) is 13.2. The van der Waals surface area contributed by atoms with Gasteiger partial charge in [0.05, 0.1) is 0 Å². The Kier molecular flexibility index (Phi) is 6.10. The molecule has 188 valence electrons. The van der Waals surface area contributed by atoms with E-state index in [-0.39, 0.29) is 27.6 Å². The van der Waals surface area contributed by atoms with Crippen molar-refractivity contribution in [3.8, 4) is 0 Å². The number of carbonyl (C=O) groups excluding carboxylic acids is 2. The fraction of sp³-hybridized carbons (Fsp3) is 0.767. The van der Waals surface area contributed by atoms with Crippen molar-refractivity contribution in [2.24, 2.45) is 39.4 Å². The molecule has 4 rings (SSSR count). The number of hydrogen-bond donors (Lipinski definition) is 1. The van der Waals surface area contributed by atoms with Crippen LogP contribution in [0.5, 0.6) is 0 Å².